The predicted molar refractivity (Wildman–Crippen MR) is 220 cm³/mol. The summed E-state index contributed by atoms with van der Waals surface area (Å²) < 4.78 is 316. The van der Waals surface area contributed by atoms with Crippen LogP contribution in [0.2, 0.25) is 0 Å². The Bertz CT molecular complexity index is 4810. The first-order valence-corrected chi connectivity index (χ1v) is 15.4. The second kappa shape index (κ2) is 10.8. The maximum Gasteiger partial charge on any atom is 0.143 e. The van der Waals surface area contributed by atoms with Crippen LogP contribution in [0.25, 0.3) is 98.8 Å². The summed E-state index contributed by atoms with van der Waals surface area (Å²) in [6, 6.07) is -30.2. The first-order valence-electron chi connectivity index (χ1n) is 32.4. The lowest BCUT2D eigenvalue weighted by atomic mass is 9.78. The van der Waals surface area contributed by atoms with Crippen molar-refractivity contribution in [1.82, 2.24) is 0 Å². The van der Waals surface area contributed by atoms with Gasteiger partial charge in [-0.3, -0.25) is 0 Å². The molecule has 0 bridgehead atoms. The van der Waals surface area contributed by atoms with Crippen molar-refractivity contribution in [1.29, 1.82) is 0 Å². The van der Waals surface area contributed by atoms with Crippen molar-refractivity contribution in [3.8, 4) is 44.5 Å². The quantitative estimate of drug-likeness (QED) is 0.168. The molecule has 0 saturated carbocycles. The van der Waals surface area contributed by atoms with E-state index in [0.717, 1.165) is 0 Å². The van der Waals surface area contributed by atoms with Crippen LogP contribution in [-0.4, -0.2) is 0 Å². The summed E-state index contributed by atoms with van der Waals surface area (Å²) in [7, 11) is 0. The van der Waals surface area contributed by atoms with Gasteiger partial charge in [-0.25, -0.2) is 0 Å². The molecule has 0 atom stereocenters. The molecule has 52 heavy (non-hydrogen) atoms. The summed E-state index contributed by atoms with van der Waals surface area (Å²) in [6.45, 7) is -7.94. The van der Waals surface area contributed by atoms with E-state index in [1.165, 1.54) is 0 Å². The Kier molecular flexibility index (Phi) is 2.34. The number of rotatable bonds is 3. The van der Waals surface area contributed by atoms with Crippen molar-refractivity contribution in [3.05, 3.63) is 180 Å². The van der Waals surface area contributed by atoms with Crippen molar-refractivity contribution in [2.45, 2.75) is 19.1 Å². The van der Waals surface area contributed by atoms with E-state index >= 15 is 0 Å². The molecule has 244 valence electrons. The van der Waals surface area contributed by atoms with Gasteiger partial charge in [0.05, 0.1) is 38.4 Å². The standard InChI is InChI=1S/C51H34O/c1-51(2)44-23-10-9-15-36(44)41-21-11-20-34(49(41)51)32-25-27-33(28-26-32)46-37-16-5-7-18-39(37)47(40-19-8-6-17-38(40)46)42-22-12-24-45-48(42)43-30-29-31-13-3-4-14-35(31)50(43)52-45/h3-30H,1-2H3/i1D3,2D3,3D,4D,5D,6D,7D,8D,9D,10D,11D,12D,13D,14D,15D,16D,17D,18D,19D,20D,21D,22D,23D,24D,25D,26D,27D,28D,29D,30D. The average molecular weight is 697 g/mol. The van der Waals surface area contributed by atoms with Gasteiger partial charge in [-0.15, -0.1) is 0 Å². The van der Waals surface area contributed by atoms with Crippen molar-refractivity contribution in [3.63, 3.8) is 0 Å². The van der Waals surface area contributed by atoms with Gasteiger partial charge in [-0.1, -0.05) is 171 Å². The van der Waals surface area contributed by atoms with E-state index in [-0.39, 0.29) is 0 Å². The van der Waals surface area contributed by atoms with Crippen molar-refractivity contribution < 1.29 is 51.0 Å². The summed E-state index contributed by atoms with van der Waals surface area (Å²) in [5.74, 6) is 0. The fourth-order valence-corrected chi connectivity index (χ4v) is 6.91. The second-order valence-electron chi connectivity index (χ2n) is 11.8. The molecule has 0 saturated heterocycles. The molecular weight excluding hydrogens is 629 g/mol. The minimum absolute atomic E-state index is 0.511. The topological polar surface area (TPSA) is 13.1 Å². The molecule has 0 N–H and O–H groups in total. The lowest BCUT2D eigenvalue weighted by molar-refractivity contribution is 0.662. The van der Waals surface area contributed by atoms with E-state index < -0.39 is 298 Å². The van der Waals surface area contributed by atoms with Crippen LogP contribution in [0.5, 0.6) is 0 Å². The Morgan fingerprint density at radius 2 is 1.02 bits per heavy atom. The summed E-state index contributed by atoms with van der Waals surface area (Å²) in [5.41, 5.74) is -15.0. The van der Waals surface area contributed by atoms with Crippen LogP contribution in [0.15, 0.2) is 174 Å². The molecule has 0 aliphatic heterocycles. The minimum Gasteiger partial charge on any atom is -0.455 e. The third kappa shape index (κ3) is 3.99. The molecule has 1 aliphatic carbocycles. The first-order chi connectivity index (χ1) is 39.7. The van der Waals surface area contributed by atoms with Gasteiger partial charge >= 0.3 is 0 Å². The van der Waals surface area contributed by atoms with Crippen LogP contribution in [0, 0.1) is 0 Å². The van der Waals surface area contributed by atoms with Crippen LogP contribution < -0.4 is 0 Å². The Morgan fingerprint density at radius 1 is 0.442 bits per heavy atom. The molecule has 10 aromatic rings. The van der Waals surface area contributed by atoms with Gasteiger partial charge in [0.1, 0.15) is 11.2 Å². The highest BCUT2D eigenvalue weighted by molar-refractivity contribution is 6.27. The molecule has 1 aliphatic rings. The van der Waals surface area contributed by atoms with Gasteiger partial charge in [-0.05, 0) is 94.7 Å². The summed E-state index contributed by atoms with van der Waals surface area (Å²) in [5, 5.41) is -5.68. The van der Waals surface area contributed by atoms with E-state index in [0.29, 0.717) is 0 Å². The summed E-state index contributed by atoms with van der Waals surface area (Å²) in [6.07, 6.45) is 0. The maximum atomic E-state index is 9.83. The van der Waals surface area contributed by atoms with E-state index in [4.69, 9.17) is 35.9 Å². The van der Waals surface area contributed by atoms with Crippen molar-refractivity contribution in [2.24, 2.45) is 0 Å². The van der Waals surface area contributed by atoms with Crippen LogP contribution in [0.4, 0.5) is 0 Å². The molecule has 0 radical (unpaired) electrons. The monoisotopic (exact) mass is 696 g/mol. The second-order valence-corrected chi connectivity index (χ2v) is 11.8. The highest BCUT2D eigenvalue weighted by Gasteiger charge is 2.37. The zero-order valence-electron chi connectivity index (χ0n) is 59.9. The molecule has 1 aromatic heterocycles. The average Bonchev–Trinajstić information content (AvgIpc) is 1.42. The zero-order valence-corrected chi connectivity index (χ0v) is 25.9. The fraction of sp³-hybridized carbons (Fsp3) is 0.0588. The Labute approximate surface area is 350 Å². The summed E-state index contributed by atoms with van der Waals surface area (Å²) in [4.78, 5) is 0. The van der Waals surface area contributed by atoms with Crippen LogP contribution in [-0.2, 0) is 5.41 Å². The van der Waals surface area contributed by atoms with E-state index in [9.17, 15) is 15.1 Å². The SMILES string of the molecule is [2H]c1c([2H])c([2H])c2c(c1[2H])-c1c([2H])c([2H])c([2H])c(-c3c([2H])c([2H])c(-c4c5c([2H])c([2H])c([2H])c([2H])c5c(-c5c([2H])c([2H])c([2H])c6oc7c8c([2H])c([2H])c([2H])c([2H])c8c([2H])c([2H])c7c56)c5c([2H])c([2H])c([2H])c([2H])c45)c([2H])c3[2H])c1C2(C([2H])([2H])[2H])C([2H])([2H])[2H]. The highest BCUT2D eigenvalue weighted by Crippen LogP contribution is 2.52. The molecule has 11 rings (SSSR count). The Hall–Kier alpha value is -6.44. The van der Waals surface area contributed by atoms with Crippen LogP contribution in [0.3, 0.4) is 0 Å². The molecule has 1 heterocycles. The number of hydrogen-bond acceptors (Lipinski definition) is 1. The number of fused-ring (bicyclic) bond motifs is 10. The molecule has 0 fully saturated rings. The lowest BCUT2D eigenvalue weighted by Gasteiger charge is -2.24. The lowest BCUT2D eigenvalue weighted by Crippen LogP contribution is -2.16. The van der Waals surface area contributed by atoms with E-state index in [2.05, 4.69) is 0 Å². The van der Waals surface area contributed by atoms with Gasteiger partial charge < -0.3 is 4.42 Å². The number of furan rings is 1. The van der Waals surface area contributed by atoms with Gasteiger partial charge in [-0.2, -0.15) is 0 Å². The number of hydrogen-bond donors (Lipinski definition) is 0. The molecule has 9 aromatic carbocycles. The fourth-order valence-electron chi connectivity index (χ4n) is 6.91. The Morgan fingerprint density at radius 3 is 1.77 bits per heavy atom. The van der Waals surface area contributed by atoms with E-state index in [1.54, 1.807) is 0 Å². The van der Waals surface area contributed by atoms with Gasteiger partial charge in [0, 0.05) is 29.8 Å². The van der Waals surface area contributed by atoms with Crippen LogP contribution in [0.1, 0.15) is 71.4 Å². The van der Waals surface area contributed by atoms with Crippen LogP contribution >= 0.6 is 0 Å². The van der Waals surface area contributed by atoms with E-state index in [1.807, 2.05) is 0 Å². The molecule has 0 spiro atoms. The normalized spacial score (nSPS) is 23.1. The molecular formula is C51H34O. The van der Waals surface area contributed by atoms with Crippen molar-refractivity contribution in [2.75, 3.05) is 0 Å². The highest BCUT2D eigenvalue weighted by atomic mass is 16.3. The van der Waals surface area contributed by atoms with Gasteiger partial charge in [0.25, 0.3) is 0 Å². The minimum atomic E-state index is -3.97. The molecule has 0 amide bonds. The van der Waals surface area contributed by atoms with Gasteiger partial charge in [0.15, 0.2) is 0 Å². The molecule has 1 heteroatoms. The maximum absolute atomic E-state index is 9.83. The smallest absolute Gasteiger partial charge is 0.143 e. The Balaban J connectivity index is 1.39. The molecule has 0 unspecified atom stereocenters. The number of benzene rings is 9. The first kappa shape index (κ1) is 11.3. The van der Waals surface area contributed by atoms with Crippen molar-refractivity contribution >= 4 is 54.3 Å². The summed E-state index contributed by atoms with van der Waals surface area (Å²) >= 11 is 0. The zero-order chi connectivity index (χ0) is 63.9. The predicted octanol–water partition coefficient (Wildman–Crippen LogP) is 14.4. The van der Waals surface area contributed by atoms with Gasteiger partial charge in [0.2, 0.25) is 0 Å². The third-order valence-corrected chi connectivity index (χ3v) is 9.06. The molecule has 1 nitrogen and oxygen atoms in total. The largest absolute Gasteiger partial charge is 0.455 e. The third-order valence-electron chi connectivity index (χ3n) is 9.06.